The molecule has 25 heavy (non-hydrogen) atoms. The summed E-state index contributed by atoms with van der Waals surface area (Å²) in [6, 6.07) is 19.0. The number of thiazole rings is 1. The van der Waals surface area contributed by atoms with Crippen LogP contribution in [0.25, 0.3) is 27.6 Å². The summed E-state index contributed by atoms with van der Waals surface area (Å²) in [7, 11) is 0. The molecule has 2 aromatic carbocycles. The van der Waals surface area contributed by atoms with E-state index in [1.54, 1.807) is 11.3 Å². The zero-order valence-electron chi connectivity index (χ0n) is 13.9. The van der Waals surface area contributed by atoms with Crippen LogP contribution in [0.15, 0.2) is 60.0 Å². The van der Waals surface area contributed by atoms with Gasteiger partial charge in [-0.3, -0.25) is 0 Å². The highest BCUT2D eigenvalue weighted by molar-refractivity contribution is 7.12. The van der Waals surface area contributed by atoms with Gasteiger partial charge in [0.05, 0.1) is 17.1 Å². The molecule has 1 aliphatic carbocycles. The quantitative estimate of drug-likeness (QED) is 0.455. The first-order chi connectivity index (χ1) is 12.3. The molecule has 3 nitrogen and oxygen atoms in total. The fourth-order valence-corrected chi connectivity index (χ4v) is 4.37. The molecule has 0 unspecified atom stereocenters. The van der Waals surface area contributed by atoms with Gasteiger partial charge in [-0.25, -0.2) is 9.67 Å². The summed E-state index contributed by atoms with van der Waals surface area (Å²) in [5, 5.41) is 7.94. The molecule has 2 aromatic heterocycles. The number of nitrogens with zero attached hydrogens (tertiary/aromatic N) is 3. The molecule has 5 rings (SSSR count). The van der Waals surface area contributed by atoms with Crippen LogP contribution in [0.1, 0.15) is 23.7 Å². The molecule has 1 aliphatic rings. The minimum Gasteiger partial charge on any atom is -0.218 e. The van der Waals surface area contributed by atoms with Gasteiger partial charge in [0.1, 0.15) is 0 Å². The molecular weight excluding hydrogens is 326 g/mol. The zero-order valence-corrected chi connectivity index (χ0v) is 14.8. The van der Waals surface area contributed by atoms with Crippen molar-refractivity contribution in [2.75, 3.05) is 0 Å². The minimum atomic E-state index is 0.937. The molecule has 2 heterocycles. The largest absolute Gasteiger partial charge is 0.218 e. The SMILES string of the molecule is CCc1nn(-c2nc(-c3ccccc3)cs2)c2c1Cc1ccccc1-2. The molecule has 0 saturated heterocycles. The van der Waals surface area contributed by atoms with Gasteiger partial charge < -0.3 is 0 Å². The van der Waals surface area contributed by atoms with Crippen LogP contribution in [0.3, 0.4) is 0 Å². The zero-order chi connectivity index (χ0) is 16.8. The van der Waals surface area contributed by atoms with Crippen molar-refractivity contribution in [3.63, 3.8) is 0 Å². The van der Waals surface area contributed by atoms with Crippen molar-refractivity contribution in [3.8, 4) is 27.6 Å². The molecule has 0 saturated carbocycles. The van der Waals surface area contributed by atoms with Gasteiger partial charge in [-0.05, 0) is 12.0 Å². The third kappa shape index (κ3) is 2.25. The van der Waals surface area contributed by atoms with E-state index in [-0.39, 0.29) is 0 Å². The van der Waals surface area contributed by atoms with Crippen molar-refractivity contribution in [1.29, 1.82) is 0 Å². The van der Waals surface area contributed by atoms with Crippen LogP contribution in [0.4, 0.5) is 0 Å². The predicted molar refractivity (Wildman–Crippen MR) is 102 cm³/mol. The Morgan fingerprint density at radius 1 is 1.04 bits per heavy atom. The van der Waals surface area contributed by atoms with E-state index < -0.39 is 0 Å². The lowest BCUT2D eigenvalue weighted by Gasteiger charge is -2.04. The number of rotatable bonds is 3. The van der Waals surface area contributed by atoms with Crippen LogP contribution in [-0.2, 0) is 12.8 Å². The van der Waals surface area contributed by atoms with Gasteiger partial charge in [0.15, 0.2) is 0 Å². The average molecular weight is 343 g/mol. The van der Waals surface area contributed by atoms with Crippen LogP contribution in [-0.4, -0.2) is 14.8 Å². The van der Waals surface area contributed by atoms with E-state index in [2.05, 4.69) is 53.4 Å². The van der Waals surface area contributed by atoms with Gasteiger partial charge in [0.2, 0.25) is 5.13 Å². The first-order valence-electron chi connectivity index (χ1n) is 8.55. The van der Waals surface area contributed by atoms with E-state index in [9.17, 15) is 0 Å². The summed E-state index contributed by atoms with van der Waals surface area (Å²) in [6.45, 7) is 2.17. The normalized spacial score (nSPS) is 12.2. The minimum absolute atomic E-state index is 0.937. The lowest BCUT2D eigenvalue weighted by atomic mass is 10.1. The third-order valence-electron chi connectivity index (χ3n) is 4.78. The van der Waals surface area contributed by atoms with Crippen molar-refractivity contribution < 1.29 is 0 Å². The first-order valence-corrected chi connectivity index (χ1v) is 9.43. The second kappa shape index (κ2) is 5.67. The van der Waals surface area contributed by atoms with E-state index in [4.69, 9.17) is 10.1 Å². The van der Waals surface area contributed by atoms with Crippen molar-refractivity contribution in [3.05, 3.63) is 76.8 Å². The fourth-order valence-electron chi connectivity index (χ4n) is 3.58. The Morgan fingerprint density at radius 2 is 1.84 bits per heavy atom. The van der Waals surface area contributed by atoms with Crippen molar-refractivity contribution in [1.82, 2.24) is 14.8 Å². The molecule has 0 fully saturated rings. The maximum absolute atomic E-state index is 4.89. The molecule has 0 radical (unpaired) electrons. The number of aromatic nitrogens is 3. The summed E-state index contributed by atoms with van der Waals surface area (Å²) < 4.78 is 2.05. The lowest BCUT2D eigenvalue weighted by molar-refractivity contribution is 0.836. The van der Waals surface area contributed by atoms with Gasteiger partial charge in [-0.1, -0.05) is 61.5 Å². The summed E-state index contributed by atoms with van der Waals surface area (Å²) in [5.74, 6) is 0. The maximum atomic E-state index is 4.89. The van der Waals surface area contributed by atoms with Gasteiger partial charge in [-0.2, -0.15) is 5.10 Å². The smallest absolute Gasteiger partial charge is 0.211 e. The molecule has 122 valence electrons. The summed E-state index contributed by atoms with van der Waals surface area (Å²) in [6.07, 6.45) is 1.92. The van der Waals surface area contributed by atoms with E-state index in [0.717, 1.165) is 29.2 Å². The highest BCUT2D eigenvalue weighted by Gasteiger charge is 2.28. The summed E-state index contributed by atoms with van der Waals surface area (Å²) in [4.78, 5) is 4.87. The van der Waals surface area contributed by atoms with Crippen LogP contribution in [0.5, 0.6) is 0 Å². The molecule has 4 heteroatoms. The molecule has 0 aliphatic heterocycles. The molecule has 0 N–H and O–H groups in total. The van der Waals surface area contributed by atoms with Gasteiger partial charge >= 0.3 is 0 Å². The molecule has 0 amide bonds. The van der Waals surface area contributed by atoms with E-state index in [1.807, 2.05) is 18.2 Å². The highest BCUT2D eigenvalue weighted by atomic mass is 32.1. The van der Waals surface area contributed by atoms with Crippen LogP contribution < -0.4 is 0 Å². The molecule has 0 spiro atoms. The number of hydrogen-bond acceptors (Lipinski definition) is 3. The van der Waals surface area contributed by atoms with Gasteiger partial charge in [0.25, 0.3) is 0 Å². The van der Waals surface area contributed by atoms with Crippen LogP contribution in [0, 0.1) is 0 Å². The van der Waals surface area contributed by atoms with Gasteiger partial charge in [0, 0.05) is 28.5 Å². The maximum Gasteiger partial charge on any atom is 0.211 e. The molecular formula is C21H17N3S. The van der Waals surface area contributed by atoms with Crippen LogP contribution in [0.2, 0.25) is 0 Å². The number of benzene rings is 2. The van der Waals surface area contributed by atoms with Crippen LogP contribution >= 0.6 is 11.3 Å². The van der Waals surface area contributed by atoms with Crippen molar-refractivity contribution >= 4 is 11.3 Å². The third-order valence-corrected chi connectivity index (χ3v) is 5.60. The Bertz CT molecular complexity index is 1060. The summed E-state index contributed by atoms with van der Waals surface area (Å²) in [5.41, 5.74) is 8.60. The van der Waals surface area contributed by atoms with Gasteiger partial charge in [-0.15, -0.1) is 11.3 Å². The Hall–Kier alpha value is -2.72. The molecule has 0 bridgehead atoms. The average Bonchev–Trinajstić information content (AvgIpc) is 3.36. The second-order valence-corrected chi connectivity index (χ2v) is 7.09. The first kappa shape index (κ1) is 14.6. The Balaban J connectivity index is 1.67. The Labute approximate surface area is 150 Å². The topological polar surface area (TPSA) is 30.7 Å². The monoisotopic (exact) mass is 343 g/mol. The number of fused-ring (bicyclic) bond motifs is 3. The second-order valence-electron chi connectivity index (χ2n) is 6.25. The standard InChI is InChI=1S/C21H17N3S/c1-2-18-17-12-15-10-6-7-11-16(15)20(17)24(23-18)21-22-19(13-25-21)14-8-4-3-5-9-14/h3-11,13H,2,12H2,1H3. The number of aryl methyl sites for hydroxylation is 1. The van der Waals surface area contributed by atoms with Crippen molar-refractivity contribution in [2.24, 2.45) is 0 Å². The molecule has 0 atom stereocenters. The number of hydrogen-bond donors (Lipinski definition) is 0. The fraction of sp³-hybridized carbons (Fsp3) is 0.143. The van der Waals surface area contributed by atoms with Crippen molar-refractivity contribution in [2.45, 2.75) is 19.8 Å². The van der Waals surface area contributed by atoms with E-state index in [0.29, 0.717) is 0 Å². The molecule has 4 aromatic rings. The lowest BCUT2D eigenvalue weighted by Crippen LogP contribution is -1.99. The highest BCUT2D eigenvalue weighted by Crippen LogP contribution is 2.40. The Kier molecular flexibility index (Phi) is 3.31. The Morgan fingerprint density at radius 3 is 2.68 bits per heavy atom. The predicted octanol–water partition coefficient (Wildman–Crippen LogP) is 5.13. The van der Waals surface area contributed by atoms with E-state index >= 15 is 0 Å². The van der Waals surface area contributed by atoms with E-state index in [1.165, 1.54) is 28.1 Å². The summed E-state index contributed by atoms with van der Waals surface area (Å²) >= 11 is 1.65.